The van der Waals surface area contributed by atoms with Crippen molar-refractivity contribution >= 4 is 29.4 Å². The lowest BCUT2D eigenvalue weighted by Crippen LogP contribution is -2.50. The molecule has 0 bridgehead atoms. The number of carbonyl (C=O) groups excluding carboxylic acids is 4. The molecule has 1 aliphatic heterocycles. The van der Waals surface area contributed by atoms with E-state index in [1.54, 1.807) is 30.0 Å². The van der Waals surface area contributed by atoms with Crippen molar-refractivity contribution in [2.75, 3.05) is 11.5 Å². The lowest BCUT2D eigenvalue weighted by molar-refractivity contribution is -0.123. The van der Waals surface area contributed by atoms with Crippen LogP contribution in [0.3, 0.4) is 0 Å². The zero-order chi connectivity index (χ0) is 23.5. The second-order valence-corrected chi connectivity index (χ2v) is 8.52. The minimum atomic E-state index is -0.836. The summed E-state index contributed by atoms with van der Waals surface area (Å²) in [5.74, 6) is -1.42. The molecule has 33 heavy (non-hydrogen) atoms. The molecule has 7 nitrogen and oxygen atoms in total. The summed E-state index contributed by atoms with van der Waals surface area (Å²) in [5, 5.41) is 0. The molecule has 1 aliphatic carbocycles. The van der Waals surface area contributed by atoms with E-state index in [1.165, 1.54) is 12.1 Å². The van der Waals surface area contributed by atoms with E-state index in [-0.39, 0.29) is 30.9 Å². The van der Waals surface area contributed by atoms with Crippen LogP contribution in [0.2, 0.25) is 0 Å². The first-order chi connectivity index (χ1) is 15.9. The first kappa shape index (κ1) is 22.7. The van der Waals surface area contributed by atoms with Gasteiger partial charge in [0.15, 0.2) is 0 Å². The highest BCUT2D eigenvalue weighted by Crippen LogP contribution is 2.33. The molecule has 0 aromatic heterocycles. The summed E-state index contributed by atoms with van der Waals surface area (Å²) < 4.78 is 4.99. The number of hydrogen-bond donors (Lipinski definition) is 0. The number of benzene rings is 2. The molecule has 7 heteroatoms. The molecule has 4 rings (SSSR count). The van der Waals surface area contributed by atoms with Crippen LogP contribution < -0.4 is 4.90 Å². The summed E-state index contributed by atoms with van der Waals surface area (Å²) in [5.41, 5.74) is 2.13. The minimum Gasteiger partial charge on any atom is -0.462 e. The molecule has 172 valence electrons. The third kappa shape index (κ3) is 4.40. The Hall–Kier alpha value is -3.48. The van der Waals surface area contributed by atoms with E-state index >= 15 is 0 Å². The van der Waals surface area contributed by atoms with Gasteiger partial charge in [0.2, 0.25) is 5.91 Å². The van der Waals surface area contributed by atoms with Gasteiger partial charge in [0.25, 0.3) is 11.8 Å². The Morgan fingerprint density at radius 2 is 1.70 bits per heavy atom. The van der Waals surface area contributed by atoms with E-state index in [0.29, 0.717) is 16.8 Å². The Balaban J connectivity index is 1.62. The van der Waals surface area contributed by atoms with Gasteiger partial charge >= 0.3 is 5.97 Å². The maximum atomic E-state index is 13.6. The Kier molecular flexibility index (Phi) is 6.58. The average molecular weight is 449 g/mol. The number of amides is 3. The molecule has 1 heterocycles. The molecular formula is C26H28N2O5. The van der Waals surface area contributed by atoms with Gasteiger partial charge in [0.05, 0.1) is 24.3 Å². The van der Waals surface area contributed by atoms with Crippen LogP contribution >= 0.6 is 0 Å². The number of carbonyl (C=O) groups is 4. The topological polar surface area (TPSA) is 84.0 Å². The molecule has 2 fully saturated rings. The summed E-state index contributed by atoms with van der Waals surface area (Å²) in [6.07, 6.45) is 3.59. The van der Waals surface area contributed by atoms with Crippen molar-refractivity contribution in [1.29, 1.82) is 0 Å². The van der Waals surface area contributed by atoms with E-state index in [2.05, 4.69) is 0 Å². The van der Waals surface area contributed by atoms with E-state index < -0.39 is 17.9 Å². The third-order valence-electron chi connectivity index (χ3n) is 6.42. The van der Waals surface area contributed by atoms with Crippen LogP contribution in [0.1, 0.15) is 65.3 Å². The van der Waals surface area contributed by atoms with Crippen molar-refractivity contribution in [3.05, 3.63) is 65.2 Å². The van der Waals surface area contributed by atoms with Crippen molar-refractivity contribution in [3.8, 4) is 0 Å². The molecule has 1 saturated heterocycles. The van der Waals surface area contributed by atoms with Crippen LogP contribution in [0.15, 0.2) is 48.5 Å². The molecule has 0 radical (unpaired) electrons. The van der Waals surface area contributed by atoms with Gasteiger partial charge in [-0.2, -0.15) is 0 Å². The molecule has 2 aromatic rings. The first-order valence-corrected chi connectivity index (χ1v) is 11.4. The van der Waals surface area contributed by atoms with Gasteiger partial charge < -0.3 is 9.64 Å². The van der Waals surface area contributed by atoms with Crippen LogP contribution in [0.4, 0.5) is 5.69 Å². The second-order valence-electron chi connectivity index (χ2n) is 8.52. The number of imide groups is 1. The number of ether oxygens (including phenoxy) is 1. The van der Waals surface area contributed by atoms with E-state index in [9.17, 15) is 19.2 Å². The average Bonchev–Trinajstić information content (AvgIpc) is 3.43. The highest BCUT2D eigenvalue weighted by atomic mass is 16.5. The monoisotopic (exact) mass is 448 g/mol. The number of esters is 1. The van der Waals surface area contributed by atoms with E-state index in [0.717, 1.165) is 36.1 Å². The second kappa shape index (κ2) is 9.57. The lowest BCUT2D eigenvalue weighted by Gasteiger charge is -2.33. The summed E-state index contributed by atoms with van der Waals surface area (Å²) in [4.78, 5) is 54.7. The molecule has 1 atom stereocenters. The number of aryl methyl sites for hydroxylation is 1. The highest BCUT2D eigenvalue weighted by Gasteiger charge is 2.47. The fourth-order valence-electron chi connectivity index (χ4n) is 4.76. The standard InChI is InChI=1S/C26H28N2O5/c1-3-33-26(32)18-12-14-20(15-13-18)28-23(29)16-22(25(28)31)27(19-9-5-6-10-19)24(30)21-11-7-4-8-17(21)2/h4,7-8,11-15,19,22H,3,5-6,9-10,16H2,1-2H3. The first-order valence-electron chi connectivity index (χ1n) is 11.4. The van der Waals surface area contributed by atoms with Crippen LogP contribution in [0.25, 0.3) is 0 Å². The van der Waals surface area contributed by atoms with E-state index in [4.69, 9.17) is 4.74 Å². The zero-order valence-electron chi connectivity index (χ0n) is 19.0. The Morgan fingerprint density at radius 3 is 2.33 bits per heavy atom. The number of hydrogen-bond acceptors (Lipinski definition) is 5. The number of nitrogens with zero attached hydrogens (tertiary/aromatic N) is 2. The molecular weight excluding hydrogens is 420 g/mol. The zero-order valence-corrected chi connectivity index (χ0v) is 19.0. The molecule has 2 aromatic carbocycles. The summed E-state index contributed by atoms with van der Waals surface area (Å²) in [6, 6.07) is 12.6. The smallest absolute Gasteiger partial charge is 0.338 e. The van der Waals surface area contributed by atoms with Crippen molar-refractivity contribution in [2.24, 2.45) is 0 Å². The third-order valence-corrected chi connectivity index (χ3v) is 6.42. The fraction of sp³-hybridized carbons (Fsp3) is 0.385. The quantitative estimate of drug-likeness (QED) is 0.495. The van der Waals surface area contributed by atoms with Gasteiger partial charge in [-0.1, -0.05) is 31.0 Å². The Morgan fingerprint density at radius 1 is 1.03 bits per heavy atom. The van der Waals surface area contributed by atoms with Gasteiger partial charge in [-0.15, -0.1) is 0 Å². The molecule has 1 unspecified atom stereocenters. The van der Waals surface area contributed by atoms with Crippen molar-refractivity contribution < 1.29 is 23.9 Å². The maximum Gasteiger partial charge on any atom is 0.338 e. The summed E-state index contributed by atoms with van der Waals surface area (Å²) >= 11 is 0. The number of anilines is 1. The van der Waals surface area contributed by atoms with Crippen LogP contribution in [0, 0.1) is 6.92 Å². The van der Waals surface area contributed by atoms with Gasteiger partial charge in [-0.3, -0.25) is 14.4 Å². The normalized spacial score (nSPS) is 18.6. The van der Waals surface area contributed by atoms with Gasteiger partial charge in [-0.25, -0.2) is 9.69 Å². The van der Waals surface area contributed by atoms with Crippen molar-refractivity contribution in [3.63, 3.8) is 0 Å². The van der Waals surface area contributed by atoms with Crippen LogP contribution in [-0.4, -0.2) is 47.3 Å². The molecule has 2 aliphatic rings. The maximum absolute atomic E-state index is 13.6. The predicted octanol–water partition coefficient (Wildman–Crippen LogP) is 3.89. The number of rotatable bonds is 6. The molecule has 0 spiro atoms. The predicted molar refractivity (Wildman–Crippen MR) is 123 cm³/mol. The molecule has 1 saturated carbocycles. The molecule has 0 N–H and O–H groups in total. The van der Waals surface area contributed by atoms with Crippen LogP contribution in [0.5, 0.6) is 0 Å². The fourth-order valence-corrected chi connectivity index (χ4v) is 4.76. The highest BCUT2D eigenvalue weighted by molar-refractivity contribution is 6.23. The van der Waals surface area contributed by atoms with E-state index in [1.807, 2.05) is 25.1 Å². The van der Waals surface area contributed by atoms with Crippen molar-refractivity contribution in [1.82, 2.24) is 4.90 Å². The Labute approximate surface area is 193 Å². The largest absolute Gasteiger partial charge is 0.462 e. The van der Waals surface area contributed by atoms with Crippen molar-refractivity contribution in [2.45, 2.75) is 58.0 Å². The summed E-state index contributed by atoms with van der Waals surface area (Å²) in [7, 11) is 0. The van der Waals surface area contributed by atoms with Gasteiger partial charge in [0, 0.05) is 11.6 Å². The van der Waals surface area contributed by atoms with Gasteiger partial charge in [0.1, 0.15) is 6.04 Å². The Bertz CT molecular complexity index is 1070. The minimum absolute atomic E-state index is 0.0490. The lowest BCUT2D eigenvalue weighted by atomic mass is 10.0. The molecule has 3 amide bonds. The van der Waals surface area contributed by atoms with Crippen LogP contribution in [-0.2, 0) is 14.3 Å². The van der Waals surface area contributed by atoms with Gasteiger partial charge in [-0.05, 0) is 62.6 Å². The summed E-state index contributed by atoms with van der Waals surface area (Å²) in [6.45, 7) is 3.86. The SMILES string of the molecule is CCOC(=O)c1ccc(N2C(=O)CC(N(C(=O)c3ccccc3C)C3CCCC3)C2=O)cc1.